The second-order valence-corrected chi connectivity index (χ2v) is 9.59. The van der Waals surface area contributed by atoms with Crippen LogP contribution >= 0.6 is 0 Å². The zero-order valence-corrected chi connectivity index (χ0v) is 19.3. The van der Waals surface area contributed by atoms with Crippen LogP contribution in [-0.2, 0) is 9.59 Å². The fourth-order valence-corrected chi connectivity index (χ4v) is 5.38. The smallest absolute Gasteiger partial charge is 0.239 e. The molecule has 0 bridgehead atoms. The molecule has 7 heteroatoms. The van der Waals surface area contributed by atoms with E-state index >= 15 is 0 Å². The van der Waals surface area contributed by atoms with Gasteiger partial charge in [0.25, 0.3) is 0 Å². The van der Waals surface area contributed by atoms with Gasteiger partial charge >= 0.3 is 0 Å². The first-order chi connectivity index (χ1) is 15.5. The summed E-state index contributed by atoms with van der Waals surface area (Å²) in [6, 6.07) is 6.46. The van der Waals surface area contributed by atoms with Crippen molar-refractivity contribution in [1.29, 1.82) is 0 Å². The monoisotopic (exact) mass is 444 g/mol. The van der Waals surface area contributed by atoms with Crippen LogP contribution in [0.3, 0.4) is 0 Å². The Morgan fingerprint density at radius 1 is 0.875 bits per heavy atom. The lowest BCUT2D eigenvalue weighted by Gasteiger charge is -2.41. The highest BCUT2D eigenvalue weighted by atomic mass is 19.1. The lowest BCUT2D eigenvalue weighted by Crippen LogP contribution is -2.58. The number of halogens is 1. The van der Waals surface area contributed by atoms with Crippen LogP contribution in [0.2, 0.25) is 0 Å². The van der Waals surface area contributed by atoms with E-state index in [-0.39, 0.29) is 23.7 Å². The Balaban J connectivity index is 1.21. The van der Waals surface area contributed by atoms with Gasteiger partial charge in [0.2, 0.25) is 11.8 Å². The summed E-state index contributed by atoms with van der Waals surface area (Å²) in [6.45, 7) is 7.85. The molecule has 3 aliphatic rings. The number of hydrogen-bond acceptors (Lipinski definition) is 4. The molecule has 6 nitrogen and oxygen atoms in total. The molecule has 1 aromatic carbocycles. The van der Waals surface area contributed by atoms with Gasteiger partial charge in [0.1, 0.15) is 5.82 Å². The molecule has 1 atom stereocenters. The average Bonchev–Trinajstić information content (AvgIpc) is 2.84. The predicted molar refractivity (Wildman–Crippen MR) is 124 cm³/mol. The Morgan fingerprint density at radius 3 is 2.09 bits per heavy atom. The average molecular weight is 445 g/mol. The Morgan fingerprint density at radius 2 is 1.47 bits per heavy atom. The molecule has 4 rings (SSSR count). The summed E-state index contributed by atoms with van der Waals surface area (Å²) in [5.41, 5.74) is 1.03. The molecule has 2 amide bonds. The van der Waals surface area contributed by atoms with Crippen molar-refractivity contribution in [2.45, 2.75) is 51.5 Å². The number of carbonyl (C=O) groups excluding carboxylic acids is 2. The largest absolute Gasteiger partial charge is 0.369 e. The van der Waals surface area contributed by atoms with Gasteiger partial charge in [0.15, 0.2) is 0 Å². The first-order valence-corrected chi connectivity index (χ1v) is 12.3. The highest BCUT2D eigenvalue weighted by molar-refractivity contribution is 5.82. The summed E-state index contributed by atoms with van der Waals surface area (Å²) in [5.74, 6) is 0.778. The van der Waals surface area contributed by atoms with Crippen molar-refractivity contribution in [2.24, 2.45) is 5.92 Å². The molecular formula is C25H37FN4O2. The molecule has 2 aliphatic heterocycles. The van der Waals surface area contributed by atoms with E-state index in [4.69, 9.17) is 0 Å². The number of amides is 2. The van der Waals surface area contributed by atoms with Gasteiger partial charge in [0.05, 0.1) is 6.04 Å². The van der Waals surface area contributed by atoms with E-state index < -0.39 is 0 Å². The lowest BCUT2D eigenvalue weighted by molar-refractivity contribution is -0.143. The molecule has 1 aliphatic carbocycles. The fourth-order valence-electron chi connectivity index (χ4n) is 5.38. The van der Waals surface area contributed by atoms with Gasteiger partial charge in [-0.25, -0.2) is 4.39 Å². The minimum atomic E-state index is -0.220. The third-order valence-electron chi connectivity index (χ3n) is 7.54. The maximum atomic E-state index is 13.2. The second kappa shape index (κ2) is 10.6. The molecule has 176 valence electrons. The molecule has 0 spiro atoms. The first-order valence-electron chi connectivity index (χ1n) is 12.3. The normalized spacial score (nSPS) is 22.1. The fraction of sp³-hybridized carbons (Fsp3) is 0.680. The highest BCUT2D eigenvalue weighted by Gasteiger charge is 2.32. The molecule has 0 aromatic heterocycles. The quantitative estimate of drug-likeness (QED) is 0.701. The van der Waals surface area contributed by atoms with Gasteiger partial charge in [-0.2, -0.15) is 0 Å². The summed E-state index contributed by atoms with van der Waals surface area (Å²) >= 11 is 0. The predicted octanol–water partition coefficient (Wildman–Crippen LogP) is 2.98. The molecule has 0 N–H and O–H groups in total. The molecular weight excluding hydrogens is 407 g/mol. The molecule has 32 heavy (non-hydrogen) atoms. The highest BCUT2D eigenvalue weighted by Crippen LogP contribution is 2.27. The molecule has 0 radical (unpaired) electrons. The Bertz CT molecular complexity index is 765. The summed E-state index contributed by atoms with van der Waals surface area (Å²) in [5, 5.41) is 0. The third-order valence-corrected chi connectivity index (χ3v) is 7.54. The summed E-state index contributed by atoms with van der Waals surface area (Å²) in [7, 11) is 0. The molecule has 2 heterocycles. The maximum Gasteiger partial charge on any atom is 0.239 e. The first kappa shape index (κ1) is 23.0. The lowest BCUT2D eigenvalue weighted by atomic mass is 9.86. The minimum absolute atomic E-state index is 0.158. The van der Waals surface area contributed by atoms with E-state index in [1.54, 1.807) is 0 Å². The van der Waals surface area contributed by atoms with Gasteiger partial charge in [-0.3, -0.25) is 14.5 Å². The van der Waals surface area contributed by atoms with Crippen molar-refractivity contribution in [2.75, 3.05) is 57.3 Å². The van der Waals surface area contributed by atoms with Crippen LogP contribution < -0.4 is 4.90 Å². The van der Waals surface area contributed by atoms with Gasteiger partial charge in [-0.05, 0) is 49.9 Å². The van der Waals surface area contributed by atoms with Crippen molar-refractivity contribution < 1.29 is 14.0 Å². The van der Waals surface area contributed by atoms with Crippen LogP contribution in [0.4, 0.5) is 10.1 Å². The molecule has 1 saturated carbocycles. The van der Waals surface area contributed by atoms with E-state index in [1.807, 2.05) is 28.9 Å². The van der Waals surface area contributed by atoms with Crippen LogP contribution in [0, 0.1) is 11.7 Å². The number of carbonyl (C=O) groups is 2. The van der Waals surface area contributed by atoms with Crippen molar-refractivity contribution >= 4 is 17.5 Å². The minimum Gasteiger partial charge on any atom is -0.369 e. The molecule has 3 fully saturated rings. The van der Waals surface area contributed by atoms with Crippen LogP contribution in [0.5, 0.6) is 0 Å². The van der Waals surface area contributed by atoms with Gasteiger partial charge < -0.3 is 14.7 Å². The molecule has 2 saturated heterocycles. The van der Waals surface area contributed by atoms with Crippen molar-refractivity contribution in [3.8, 4) is 0 Å². The third kappa shape index (κ3) is 5.61. The zero-order valence-electron chi connectivity index (χ0n) is 19.3. The maximum absolute atomic E-state index is 13.2. The van der Waals surface area contributed by atoms with Crippen LogP contribution in [0.1, 0.15) is 45.4 Å². The second-order valence-electron chi connectivity index (χ2n) is 9.59. The van der Waals surface area contributed by atoms with Crippen LogP contribution in [0.15, 0.2) is 24.3 Å². The number of piperazine rings is 2. The van der Waals surface area contributed by atoms with Gasteiger partial charge in [0, 0.05) is 64.5 Å². The molecule has 1 aromatic rings. The van der Waals surface area contributed by atoms with Gasteiger partial charge in [-0.15, -0.1) is 0 Å². The Hall–Kier alpha value is -2.15. The van der Waals surface area contributed by atoms with E-state index in [2.05, 4.69) is 9.80 Å². The summed E-state index contributed by atoms with van der Waals surface area (Å²) < 4.78 is 13.2. The topological polar surface area (TPSA) is 47.1 Å². The Kier molecular flexibility index (Phi) is 7.66. The van der Waals surface area contributed by atoms with E-state index in [1.165, 1.54) is 44.2 Å². The standard InChI is InChI=1S/C25H37FN4O2/c1-20(27-11-13-28(14-12-27)23-9-7-22(26)8-10-23)25(32)30-17-15-29(16-18-30)24(31)19-21-5-3-2-4-6-21/h7-10,20-21H,2-6,11-19H2,1H3. The number of nitrogens with zero attached hydrogens (tertiary/aromatic N) is 4. The van der Waals surface area contributed by atoms with Crippen LogP contribution in [0.25, 0.3) is 0 Å². The van der Waals surface area contributed by atoms with E-state index in [9.17, 15) is 14.0 Å². The van der Waals surface area contributed by atoms with E-state index in [0.717, 1.165) is 31.9 Å². The molecule has 1 unspecified atom stereocenters. The Labute approximate surface area is 191 Å². The summed E-state index contributed by atoms with van der Waals surface area (Å²) in [6.07, 6.45) is 6.90. The summed E-state index contributed by atoms with van der Waals surface area (Å²) in [4.78, 5) is 34.2. The van der Waals surface area contributed by atoms with Crippen molar-refractivity contribution in [1.82, 2.24) is 14.7 Å². The number of benzene rings is 1. The van der Waals surface area contributed by atoms with E-state index in [0.29, 0.717) is 38.5 Å². The van der Waals surface area contributed by atoms with Gasteiger partial charge in [-0.1, -0.05) is 19.3 Å². The number of anilines is 1. The number of hydrogen-bond donors (Lipinski definition) is 0. The van der Waals surface area contributed by atoms with Crippen LogP contribution in [-0.4, -0.2) is 84.9 Å². The SMILES string of the molecule is CC(C(=O)N1CCN(C(=O)CC2CCCCC2)CC1)N1CCN(c2ccc(F)cc2)CC1. The van der Waals surface area contributed by atoms with Crippen molar-refractivity contribution in [3.05, 3.63) is 30.1 Å². The number of rotatable bonds is 5. The zero-order chi connectivity index (χ0) is 22.5. The van der Waals surface area contributed by atoms with Crippen molar-refractivity contribution in [3.63, 3.8) is 0 Å².